The fourth-order valence-electron chi connectivity index (χ4n) is 3.39. The van der Waals surface area contributed by atoms with Crippen LogP contribution in [0.25, 0.3) is 11.4 Å². The highest BCUT2D eigenvalue weighted by atomic mass is 16.6. The summed E-state index contributed by atoms with van der Waals surface area (Å²) in [6.45, 7) is 7.05. The van der Waals surface area contributed by atoms with Gasteiger partial charge in [0.25, 0.3) is 5.69 Å². The number of piperazine rings is 1. The second-order valence-corrected chi connectivity index (χ2v) is 6.93. The number of nitrogens with zero attached hydrogens (tertiary/aromatic N) is 7. The summed E-state index contributed by atoms with van der Waals surface area (Å²) in [4.78, 5) is 32.9. The zero-order valence-corrected chi connectivity index (χ0v) is 16.3. The predicted octanol–water partition coefficient (Wildman–Crippen LogP) is 2.79. The Morgan fingerprint density at radius 2 is 1.66 bits per heavy atom. The van der Waals surface area contributed by atoms with E-state index in [4.69, 9.17) is 0 Å². The fourth-order valence-corrected chi connectivity index (χ4v) is 3.39. The van der Waals surface area contributed by atoms with Gasteiger partial charge in [-0.3, -0.25) is 10.1 Å². The van der Waals surface area contributed by atoms with Gasteiger partial charge in [0.15, 0.2) is 5.82 Å². The average molecular weight is 391 g/mol. The maximum Gasteiger partial charge on any atom is 0.270 e. The van der Waals surface area contributed by atoms with Gasteiger partial charge in [0, 0.05) is 61.8 Å². The van der Waals surface area contributed by atoms with Crippen molar-refractivity contribution in [3.8, 4) is 11.4 Å². The van der Waals surface area contributed by atoms with Gasteiger partial charge in [0.05, 0.1) is 4.92 Å². The molecule has 0 aliphatic carbocycles. The van der Waals surface area contributed by atoms with Gasteiger partial charge >= 0.3 is 0 Å². The first-order valence-electron chi connectivity index (χ1n) is 9.40. The number of hydrogen-bond donors (Lipinski definition) is 0. The van der Waals surface area contributed by atoms with Crippen LogP contribution in [0.5, 0.6) is 0 Å². The Bertz CT molecular complexity index is 1050. The van der Waals surface area contributed by atoms with E-state index in [0.717, 1.165) is 49.3 Å². The standard InChI is InChI=1S/C20H21N7O2/c1-14-12-19(24-20(22-14)16-4-3-5-17(13-16)27(28)29)26-10-8-25(9-11-26)18-6-7-21-15(2)23-18/h3-7,12-13H,8-11H2,1-2H3. The molecule has 0 N–H and O–H groups in total. The molecule has 1 aliphatic heterocycles. The van der Waals surface area contributed by atoms with Crippen LogP contribution >= 0.6 is 0 Å². The second-order valence-electron chi connectivity index (χ2n) is 6.93. The molecule has 148 valence electrons. The van der Waals surface area contributed by atoms with Gasteiger partial charge in [-0.05, 0) is 19.9 Å². The van der Waals surface area contributed by atoms with E-state index in [2.05, 4.69) is 29.7 Å². The molecule has 29 heavy (non-hydrogen) atoms. The highest BCUT2D eigenvalue weighted by Crippen LogP contribution is 2.25. The topological polar surface area (TPSA) is 101 Å². The highest BCUT2D eigenvalue weighted by molar-refractivity contribution is 5.61. The number of non-ortho nitro benzene ring substituents is 1. The molecule has 0 bridgehead atoms. The van der Waals surface area contributed by atoms with Crippen LogP contribution in [-0.4, -0.2) is 51.0 Å². The Morgan fingerprint density at radius 3 is 2.34 bits per heavy atom. The number of benzene rings is 1. The van der Waals surface area contributed by atoms with E-state index in [-0.39, 0.29) is 5.69 Å². The number of aromatic nitrogens is 4. The van der Waals surface area contributed by atoms with Gasteiger partial charge in [-0.15, -0.1) is 0 Å². The first-order valence-corrected chi connectivity index (χ1v) is 9.40. The van der Waals surface area contributed by atoms with E-state index in [0.29, 0.717) is 11.4 Å². The summed E-state index contributed by atoms with van der Waals surface area (Å²) in [5.74, 6) is 3.03. The van der Waals surface area contributed by atoms with E-state index >= 15 is 0 Å². The van der Waals surface area contributed by atoms with Crippen molar-refractivity contribution in [2.45, 2.75) is 13.8 Å². The average Bonchev–Trinajstić information content (AvgIpc) is 2.73. The lowest BCUT2D eigenvalue weighted by Gasteiger charge is -2.36. The summed E-state index contributed by atoms with van der Waals surface area (Å²) < 4.78 is 0. The third kappa shape index (κ3) is 4.13. The van der Waals surface area contributed by atoms with Crippen molar-refractivity contribution in [3.05, 3.63) is 64.2 Å². The molecule has 3 aromatic rings. The quantitative estimate of drug-likeness (QED) is 0.494. The Labute approximate surface area is 168 Å². The minimum Gasteiger partial charge on any atom is -0.353 e. The lowest BCUT2D eigenvalue weighted by molar-refractivity contribution is -0.384. The van der Waals surface area contributed by atoms with E-state index in [1.54, 1.807) is 18.3 Å². The van der Waals surface area contributed by atoms with Gasteiger partial charge in [0.2, 0.25) is 0 Å². The number of hydrogen-bond acceptors (Lipinski definition) is 8. The summed E-state index contributed by atoms with van der Waals surface area (Å²) >= 11 is 0. The molecular formula is C20H21N7O2. The predicted molar refractivity (Wildman–Crippen MR) is 110 cm³/mol. The maximum absolute atomic E-state index is 11.1. The monoisotopic (exact) mass is 391 g/mol. The molecule has 1 saturated heterocycles. The fraction of sp³-hybridized carbons (Fsp3) is 0.300. The molecule has 9 heteroatoms. The van der Waals surface area contributed by atoms with Gasteiger partial charge in [0.1, 0.15) is 17.5 Å². The zero-order chi connectivity index (χ0) is 20.4. The summed E-state index contributed by atoms with van der Waals surface area (Å²) in [5.41, 5.74) is 1.49. The SMILES string of the molecule is Cc1cc(N2CCN(c3ccnc(C)n3)CC2)nc(-c2cccc([N+](=O)[O-])c2)n1. The van der Waals surface area contributed by atoms with Crippen LogP contribution in [0.1, 0.15) is 11.5 Å². The van der Waals surface area contributed by atoms with Crippen molar-refractivity contribution in [2.75, 3.05) is 36.0 Å². The Hall–Kier alpha value is -3.62. The van der Waals surface area contributed by atoms with Crippen LogP contribution in [0.4, 0.5) is 17.3 Å². The Morgan fingerprint density at radius 1 is 0.931 bits per heavy atom. The van der Waals surface area contributed by atoms with Crippen LogP contribution < -0.4 is 9.80 Å². The minimum absolute atomic E-state index is 0.0305. The molecule has 1 aliphatic rings. The van der Waals surface area contributed by atoms with Crippen molar-refractivity contribution in [1.29, 1.82) is 0 Å². The van der Waals surface area contributed by atoms with E-state index in [1.807, 2.05) is 26.0 Å². The zero-order valence-electron chi connectivity index (χ0n) is 16.3. The summed E-state index contributed by atoms with van der Waals surface area (Å²) in [6, 6.07) is 10.3. The molecule has 4 rings (SSSR count). The third-order valence-electron chi connectivity index (χ3n) is 4.84. The van der Waals surface area contributed by atoms with Crippen LogP contribution in [0, 0.1) is 24.0 Å². The van der Waals surface area contributed by atoms with Gasteiger partial charge in [-0.2, -0.15) is 0 Å². The highest BCUT2D eigenvalue weighted by Gasteiger charge is 2.20. The van der Waals surface area contributed by atoms with Gasteiger partial charge in [-0.25, -0.2) is 19.9 Å². The molecular weight excluding hydrogens is 370 g/mol. The van der Waals surface area contributed by atoms with Crippen molar-refractivity contribution < 1.29 is 4.92 Å². The van der Waals surface area contributed by atoms with Crippen LogP contribution in [0.3, 0.4) is 0 Å². The van der Waals surface area contributed by atoms with E-state index in [1.165, 1.54) is 12.1 Å². The molecule has 3 heterocycles. The third-order valence-corrected chi connectivity index (χ3v) is 4.84. The first kappa shape index (κ1) is 18.7. The molecule has 0 amide bonds. The van der Waals surface area contributed by atoms with Crippen molar-refractivity contribution in [1.82, 2.24) is 19.9 Å². The molecule has 0 saturated carbocycles. The molecule has 1 aromatic carbocycles. The molecule has 0 unspecified atom stereocenters. The molecule has 0 atom stereocenters. The smallest absolute Gasteiger partial charge is 0.270 e. The summed E-state index contributed by atoms with van der Waals surface area (Å²) in [6.07, 6.45) is 1.78. The number of anilines is 2. The van der Waals surface area contributed by atoms with Crippen molar-refractivity contribution in [3.63, 3.8) is 0 Å². The lowest BCUT2D eigenvalue weighted by Crippen LogP contribution is -2.47. The van der Waals surface area contributed by atoms with Crippen molar-refractivity contribution in [2.24, 2.45) is 0 Å². The summed E-state index contributed by atoms with van der Waals surface area (Å²) in [5, 5.41) is 11.1. The number of aryl methyl sites for hydroxylation is 2. The molecule has 0 radical (unpaired) electrons. The normalized spacial score (nSPS) is 14.1. The minimum atomic E-state index is -0.408. The van der Waals surface area contributed by atoms with Gasteiger partial charge < -0.3 is 9.80 Å². The van der Waals surface area contributed by atoms with Crippen LogP contribution in [0.2, 0.25) is 0 Å². The first-order chi connectivity index (χ1) is 14.0. The Balaban J connectivity index is 1.54. The van der Waals surface area contributed by atoms with E-state index in [9.17, 15) is 10.1 Å². The number of nitro groups is 1. The summed E-state index contributed by atoms with van der Waals surface area (Å²) in [7, 11) is 0. The molecule has 9 nitrogen and oxygen atoms in total. The van der Waals surface area contributed by atoms with Gasteiger partial charge in [-0.1, -0.05) is 12.1 Å². The van der Waals surface area contributed by atoms with Crippen LogP contribution in [-0.2, 0) is 0 Å². The molecule has 2 aromatic heterocycles. The maximum atomic E-state index is 11.1. The van der Waals surface area contributed by atoms with Crippen LogP contribution in [0.15, 0.2) is 42.6 Å². The largest absolute Gasteiger partial charge is 0.353 e. The second kappa shape index (κ2) is 7.78. The lowest BCUT2D eigenvalue weighted by atomic mass is 10.2. The number of nitro benzene ring substituents is 1. The molecule has 1 fully saturated rings. The Kier molecular flexibility index (Phi) is 5.03. The van der Waals surface area contributed by atoms with E-state index < -0.39 is 4.92 Å². The molecule has 0 spiro atoms. The van der Waals surface area contributed by atoms with Crippen molar-refractivity contribution >= 4 is 17.3 Å². The number of rotatable bonds is 4.